The molecule has 0 unspecified atom stereocenters. The van der Waals surface area contributed by atoms with Crippen LogP contribution in [0.5, 0.6) is 5.75 Å². The SMILES string of the molecule is CCOc1ccc(CON)c(F)c1F. The Labute approximate surface area is 80.4 Å². The number of halogens is 2. The minimum absolute atomic E-state index is 0.0634. The van der Waals surface area contributed by atoms with Gasteiger partial charge in [0.25, 0.3) is 0 Å². The van der Waals surface area contributed by atoms with E-state index in [0.29, 0.717) is 0 Å². The zero-order valence-corrected chi connectivity index (χ0v) is 7.72. The van der Waals surface area contributed by atoms with Crippen LogP contribution >= 0.6 is 0 Å². The van der Waals surface area contributed by atoms with Crippen LogP contribution in [-0.4, -0.2) is 6.61 Å². The van der Waals surface area contributed by atoms with Crippen molar-refractivity contribution in [3.05, 3.63) is 29.3 Å². The Morgan fingerprint density at radius 2 is 2.00 bits per heavy atom. The van der Waals surface area contributed by atoms with Gasteiger partial charge in [-0.25, -0.2) is 10.3 Å². The lowest BCUT2D eigenvalue weighted by atomic mass is 10.2. The van der Waals surface area contributed by atoms with E-state index in [2.05, 4.69) is 4.84 Å². The second-order valence-corrected chi connectivity index (χ2v) is 2.59. The van der Waals surface area contributed by atoms with Crippen LogP contribution in [-0.2, 0) is 11.4 Å². The molecule has 0 saturated carbocycles. The summed E-state index contributed by atoms with van der Waals surface area (Å²) in [5, 5.41) is 0. The first-order valence-electron chi connectivity index (χ1n) is 4.12. The average Bonchev–Trinajstić information content (AvgIpc) is 2.18. The third-order valence-electron chi connectivity index (χ3n) is 1.67. The molecular weight excluding hydrogens is 192 g/mol. The Morgan fingerprint density at radius 3 is 2.57 bits per heavy atom. The first-order valence-corrected chi connectivity index (χ1v) is 4.12. The number of hydrogen-bond donors (Lipinski definition) is 1. The zero-order chi connectivity index (χ0) is 10.6. The average molecular weight is 203 g/mol. The highest BCUT2D eigenvalue weighted by atomic mass is 19.2. The van der Waals surface area contributed by atoms with Crippen molar-refractivity contribution in [1.29, 1.82) is 0 Å². The molecule has 14 heavy (non-hydrogen) atoms. The van der Waals surface area contributed by atoms with Crippen LogP contribution in [0.4, 0.5) is 8.78 Å². The van der Waals surface area contributed by atoms with Gasteiger partial charge in [-0.05, 0) is 19.1 Å². The molecule has 0 aliphatic carbocycles. The van der Waals surface area contributed by atoms with Crippen molar-refractivity contribution in [3.8, 4) is 5.75 Å². The van der Waals surface area contributed by atoms with Gasteiger partial charge in [-0.3, -0.25) is 4.84 Å². The van der Waals surface area contributed by atoms with Gasteiger partial charge in [0.1, 0.15) is 0 Å². The zero-order valence-electron chi connectivity index (χ0n) is 7.72. The van der Waals surface area contributed by atoms with E-state index < -0.39 is 11.6 Å². The molecule has 3 nitrogen and oxygen atoms in total. The summed E-state index contributed by atoms with van der Waals surface area (Å²) in [5.41, 5.74) is 0.0634. The van der Waals surface area contributed by atoms with Gasteiger partial charge in [0, 0.05) is 5.56 Å². The van der Waals surface area contributed by atoms with Crippen molar-refractivity contribution < 1.29 is 18.4 Å². The Hall–Kier alpha value is -1.20. The molecule has 0 saturated heterocycles. The van der Waals surface area contributed by atoms with Crippen LogP contribution in [0.15, 0.2) is 12.1 Å². The molecule has 0 radical (unpaired) electrons. The molecule has 0 aliphatic heterocycles. The molecule has 0 spiro atoms. The summed E-state index contributed by atoms with van der Waals surface area (Å²) in [7, 11) is 0. The number of ether oxygens (including phenoxy) is 1. The topological polar surface area (TPSA) is 44.5 Å². The van der Waals surface area contributed by atoms with E-state index in [4.69, 9.17) is 10.6 Å². The molecule has 0 atom stereocenters. The van der Waals surface area contributed by atoms with E-state index >= 15 is 0 Å². The van der Waals surface area contributed by atoms with Gasteiger partial charge >= 0.3 is 0 Å². The predicted octanol–water partition coefficient (Wildman–Crippen LogP) is 1.75. The largest absolute Gasteiger partial charge is 0.491 e. The van der Waals surface area contributed by atoms with Crippen molar-refractivity contribution in [1.82, 2.24) is 0 Å². The minimum atomic E-state index is -1.01. The number of hydrogen-bond acceptors (Lipinski definition) is 3. The van der Waals surface area contributed by atoms with E-state index in [9.17, 15) is 8.78 Å². The van der Waals surface area contributed by atoms with Gasteiger partial charge < -0.3 is 4.74 Å². The van der Waals surface area contributed by atoms with Gasteiger partial charge in [-0.1, -0.05) is 0 Å². The van der Waals surface area contributed by atoms with Crippen molar-refractivity contribution in [2.75, 3.05) is 6.61 Å². The summed E-state index contributed by atoms with van der Waals surface area (Å²) in [6.45, 7) is 1.80. The quantitative estimate of drug-likeness (QED) is 0.758. The maximum Gasteiger partial charge on any atom is 0.200 e. The standard InChI is InChI=1S/C9H11F2NO2/c1-2-13-7-4-3-6(5-14-12)8(10)9(7)11/h3-4H,2,5,12H2,1H3. The first-order chi connectivity index (χ1) is 6.70. The van der Waals surface area contributed by atoms with Crippen LogP contribution in [0.25, 0.3) is 0 Å². The highest BCUT2D eigenvalue weighted by Crippen LogP contribution is 2.22. The number of benzene rings is 1. The molecular formula is C9H11F2NO2. The lowest BCUT2D eigenvalue weighted by Crippen LogP contribution is -2.04. The second kappa shape index (κ2) is 4.88. The molecule has 0 fully saturated rings. The predicted molar refractivity (Wildman–Crippen MR) is 46.5 cm³/mol. The molecule has 1 aromatic carbocycles. The highest BCUT2D eigenvalue weighted by molar-refractivity contribution is 5.30. The summed E-state index contributed by atoms with van der Waals surface area (Å²) in [4.78, 5) is 4.22. The molecule has 0 aromatic heterocycles. The fraction of sp³-hybridized carbons (Fsp3) is 0.333. The Kier molecular flexibility index (Phi) is 3.79. The van der Waals surface area contributed by atoms with Crippen LogP contribution in [0.2, 0.25) is 0 Å². The maximum absolute atomic E-state index is 13.2. The van der Waals surface area contributed by atoms with Gasteiger partial charge in [-0.15, -0.1) is 0 Å². The van der Waals surface area contributed by atoms with E-state index in [1.807, 2.05) is 0 Å². The van der Waals surface area contributed by atoms with Gasteiger partial charge in [0.05, 0.1) is 13.2 Å². The maximum atomic E-state index is 13.2. The van der Waals surface area contributed by atoms with Crippen LogP contribution in [0.3, 0.4) is 0 Å². The van der Waals surface area contributed by atoms with Crippen molar-refractivity contribution in [2.24, 2.45) is 5.90 Å². The first kappa shape index (κ1) is 10.9. The molecule has 0 aliphatic rings. The van der Waals surface area contributed by atoms with E-state index in [1.165, 1.54) is 12.1 Å². The summed E-state index contributed by atoms with van der Waals surface area (Å²) in [6.07, 6.45) is 0. The third-order valence-corrected chi connectivity index (χ3v) is 1.67. The summed E-state index contributed by atoms with van der Waals surface area (Å²) < 4.78 is 31.2. The van der Waals surface area contributed by atoms with Gasteiger partial charge in [-0.2, -0.15) is 4.39 Å². The van der Waals surface area contributed by atoms with Gasteiger partial charge in [0.2, 0.25) is 5.82 Å². The number of rotatable bonds is 4. The van der Waals surface area contributed by atoms with E-state index in [-0.39, 0.29) is 24.5 Å². The number of nitrogens with two attached hydrogens (primary N) is 1. The monoisotopic (exact) mass is 203 g/mol. The molecule has 1 rings (SSSR count). The van der Waals surface area contributed by atoms with Crippen LogP contribution in [0.1, 0.15) is 12.5 Å². The van der Waals surface area contributed by atoms with Crippen molar-refractivity contribution in [2.45, 2.75) is 13.5 Å². The van der Waals surface area contributed by atoms with Crippen LogP contribution < -0.4 is 10.6 Å². The molecule has 5 heteroatoms. The lowest BCUT2D eigenvalue weighted by Gasteiger charge is -2.07. The fourth-order valence-corrected chi connectivity index (χ4v) is 1.04. The van der Waals surface area contributed by atoms with E-state index in [1.54, 1.807) is 6.92 Å². The molecule has 0 heterocycles. The molecule has 2 N–H and O–H groups in total. The Bertz CT molecular complexity index is 287. The Morgan fingerprint density at radius 1 is 1.29 bits per heavy atom. The third kappa shape index (κ3) is 2.18. The fourth-order valence-electron chi connectivity index (χ4n) is 1.04. The molecule has 1 aromatic rings. The lowest BCUT2D eigenvalue weighted by molar-refractivity contribution is 0.120. The van der Waals surface area contributed by atoms with E-state index in [0.717, 1.165) is 0 Å². The summed E-state index contributed by atoms with van der Waals surface area (Å²) >= 11 is 0. The molecule has 0 amide bonds. The summed E-state index contributed by atoms with van der Waals surface area (Å²) in [6, 6.07) is 2.71. The van der Waals surface area contributed by atoms with Crippen molar-refractivity contribution >= 4 is 0 Å². The highest BCUT2D eigenvalue weighted by Gasteiger charge is 2.13. The van der Waals surface area contributed by atoms with Gasteiger partial charge in [0.15, 0.2) is 11.6 Å². The minimum Gasteiger partial charge on any atom is -0.491 e. The Balaban J connectivity index is 2.99. The smallest absolute Gasteiger partial charge is 0.200 e. The molecule has 78 valence electrons. The second-order valence-electron chi connectivity index (χ2n) is 2.59. The summed E-state index contributed by atoms with van der Waals surface area (Å²) in [5.74, 6) is 2.65. The van der Waals surface area contributed by atoms with Crippen molar-refractivity contribution in [3.63, 3.8) is 0 Å². The van der Waals surface area contributed by atoms with Crippen LogP contribution in [0, 0.1) is 11.6 Å². The normalized spacial score (nSPS) is 10.3. The molecule has 0 bridgehead atoms.